The van der Waals surface area contributed by atoms with Crippen LogP contribution < -0.4 is 5.32 Å². The zero-order valence-electron chi connectivity index (χ0n) is 15.5. The molecule has 1 N–H and O–H groups in total. The third-order valence-electron chi connectivity index (χ3n) is 4.93. The highest BCUT2D eigenvalue weighted by Crippen LogP contribution is 2.33. The maximum Gasteiger partial charge on any atom is 0.269 e. The number of fused-ring (bicyclic) bond motifs is 1. The summed E-state index contributed by atoms with van der Waals surface area (Å²) in [5.41, 5.74) is 2.08. The van der Waals surface area contributed by atoms with Crippen LogP contribution in [0.3, 0.4) is 0 Å². The molecule has 3 aromatic rings. The number of benzene rings is 2. The summed E-state index contributed by atoms with van der Waals surface area (Å²) in [6.07, 6.45) is 2.28. The van der Waals surface area contributed by atoms with Crippen molar-refractivity contribution in [3.05, 3.63) is 92.2 Å². The van der Waals surface area contributed by atoms with Crippen molar-refractivity contribution in [2.75, 3.05) is 5.32 Å². The van der Waals surface area contributed by atoms with Crippen molar-refractivity contribution in [2.45, 2.75) is 18.8 Å². The van der Waals surface area contributed by atoms with Crippen LogP contribution in [0, 0.1) is 10.1 Å². The molecule has 0 saturated carbocycles. The number of carbonyl (C=O) groups is 2. The summed E-state index contributed by atoms with van der Waals surface area (Å²) < 4.78 is 0. The number of anilines is 1. The molecule has 150 valence electrons. The lowest BCUT2D eigenvalue weighted by molar-refractivity contribution is -0.384. The van der Waals surface area contributed by atoms with Crippen LogP contribution in [0.4, 0.5) is 11.6 Å². The molecular formula is C21H15ClN4O4. The van der Waals surface area contributed by atoms with Gasteiger partial charge in [0.05, 0.1) is 16.2 Å². The van der Waals surface area contributed by atoms with Gasteiger partial charge >= 0.3 is 0 Å². The van der Waals surface area contributed by atoms with Gasteiger partial charge in [0.25, 0.3) is 11.6 Å². The molecule has 0 fully saturated rings. The molecule has 0 radical (unpaired) electrons. The summed E-state index contributed by atoms with van der Waals surface area (Å²) in [6, 6.07) is 12.6. The lowest BCUT2D eigenvalue weighted by atomic mass is 9.82. The maximum absolute atomic E-state index is 12.5. The van der Waals surface area contributed by atoms with Gasteiger partial charge in [-0.05, 0) is 42.2 Å². The molecule has 0 saturated heterocycles. The second kappa shape index (κ2) is 8.00. The van der Waals surface area contributed by atoms with E-state index in [1.165, 1.54) is 30.5 Å². The molecule has 4 rings (SSSR count). The highest BCUT2D eigenvalue weighted by molar-refractivity contribution is 6.30. The molecule has 1 amide bonds. The first-order valence-corrected chi connectivity index (χ1v) is 9.49. The van der Waals surface area contributed by atoms with E-state index in [1.54, 1.807) is 6.07 Å². The molecule has 8 nitrogen and oxygen atoms in total. The Kier molecular flexibility index (Phi) is 5.24. The summed E-state index contributed by atoms with van der Waals surface area (Å²) in [5.74, 6) is -0.554. The van der Waals surface area contributed by atoms with E-state index in [0.717, 1.165) is 5.56 Å². The standard InChI is InChI=1S/C21H15ClN4O4/c22-15-3-1-2-13(8-15)14-9-18-17(19(27)10-14)11-23-21(24-18)25-20(28)12-4-6-16(7-5-12)26(29)30/h1-8,11,14H,9-10H2,(H,23,24,25,28)/t14-/m0/s1. The summed E-state index contributed by atoms with van der Waals surface area (Å²) in [7, 11) is 0. The number of ketones is 1. The number of amides is 1. The van der Waals surface area contributed by atoms with E-state index in [4.69, 9.17) is 11.6 Å². The van der Waals surface area contributed by atoms with Crippen molar-refractivity contribution >= 4 is 34.9 Å². The average Bonchev–Trinajstić information content (AvgIpc) is 2.73. The van der Waals surface area contributed by atoms with Gasteiger partial charge in [-0.3, -0.25) is 25.0 Å². The van der Waals surface area contributed by atoms with Gasteiger partial charge < -0.3 is 0 Å². The predicted octanol–water partition coefficient (Wildman–Crippen LogP) is 4.20. The Labute approximate surface area is 176 Å². The highest BCUT2D eigenvalue weighted by Gasteiger charge is 2.28. The molecule has 0 aliphatic heterocycles. The number of nitrogens with one attached hydrogen (secondary N) is 1. The number of Topliss-reactive ketones (excluding diaryl/α,β-unsaturated/α-hetero) is 1. The monoisotopic (exact) mass is 422 g/mol. The second-order valence-corrected chi connectivity index (χ2v) is 7.33. The molecule has 1 atom stereocenters. The number of hydrogen-bond acceptors (Lipinski definition) is 6. The summed E-state index contributed by atoms with van der Waals surface area (Å²) in [4.78, 5) is 43.6. The van der Waals surface area contributed by atoms with E-state index in [2.05, 4.69) is 15.3 Å². The van der Waals surface area contributed by atoms with Gasteiger partial charge in [-0.15, -0.1) is 0 Å². The van der Waals surface area contributed by atoms with Crippen LogP contribution in [-0.4, -0.2) is 26.6 Å². The van der Waals surface area contributed by atoms with Crippen LogP contribution in [0.5, 0.6) is 0 Å². The Balaban J connectivity index is 1.54. The molecular weight excluding hydrogens is 408 g/mol. The fraction of sp³-hybridized carbons (Fsp3) is 0.143. The molecule has 0 bridgehead atoms. The Hall–Kier alpha value is -3.65. The van der Waals surface area contributed by atoms with Crippen LogP contribution in [0.15, 0.2) is 54.7 Å². The number of carbonyl (C=O) groups excluding carboxylic acids is 2. The quantitative estimate of drug-likeness (QED) is 0.497. The molecule has 1 aliphatic rings. The highest BCUT2D eigenvalue weighted by atomic mass is 35.5. The number of nitro benzene ring substituents is 1. The van der Waals surface area contributed by atoms with E-state index in [9.17, 15) is 19.7 Å². The maximum atomic E-state index is 12.5. The van der Waals surface area contributed by atoms with Gasteiger partial charge in [0, 0.05) is 35.3 Å². The van der Waals surface area contributed by atoms with Crippen LogP contribution in [-0.2, 0) is 6.42 Å². The minimum absolute atomic E-state index is 0.0585. The van der Waals surface area contributed by atoms with Gasteiger partial charge in [0.15, 0.2) is 5.78 Å². The van der Waals surface area contributed by atoms with Crippen LogP contribution >= 0.6 is 11.6 Å². The zero-order chi connectivity index (χ0) is 21.3. The van der Waals surface area contributed by atoms with Crippen molar-refractivity contribution < 1.29 is 14.5 Å². The van der Waals surface area contributed by atoms with Crippen LogP contribution in [0.2, 0.25) is 5.02 Å². The van der Waals surface area contributed by atoms with Crippen LogP contribution in [0.25, 0.3) is 0 Å². The van der Waals surface area contributed by atoms with Crippen molar-refractivity contribution in [2.24, 2.45) is 0 Å². The molecule has 1 heterocycles. The normalized spacial score (nSPS) is 15.4. The van der Waals surface area contributed by atoms with E-state index < -0.39 is 10.8 Å². The Morgan fingerprint density at radius 2 is 1.93 bits per heavy atom. The summed E-state index contributed by atoms with van der Waals surface area (Å²) in [5, 5.41) is 13.9. The molecule has 9 heteroatoms. The largest absolute Gasteiger partial charge is 0.294 e. The number of hydrogen-bond donors (Lipinski definition) is 1. The molecule has 30 heavy (non-hydrogen) atoms. The number of halogens is 1. The SMILES string of the molecule is O=C(Nc1ncc2c(n1)C[C@H](c1cccc(Cl)c1)CC2=O)c1ccc([N+](=O)[O-])cc1. The smallest absolute Gasteiger partial charge is 0.269 e. The molecule has 0 spiro atoms. The number of rotatable bonds is 4. The minimum atomic E-state index is -0.540. The predicted molar refractivity (Wildman–Crippen MR) is 110 cm³/mol. The number of nitrogens with zero attached hydrogens (tertiary/aromatic N) is 3. The first-order chi connectivity index (χ1) is 14.4. The summed E-state index contributed by atoms with van der Waals surface area (Å²) >= 11 is 6.07. The number of non-ortho nitro benzene ring substituents is 1. The van der Waals surface area contributed by atoms with Crippen LogP contribution in [0.1, 0.15) is 44.3 Å². The van der Waals surface area contributed by atoms with Crippen molar-refractivity contribution in [1.82, 2.24) is 9.97 Å². The lowest BCUT2D eigenvalue weighted by Gasteiger charge is -2.23. The summed E-state index contributed by atoms with van der Waals surface area (Å²) in [6.45, 7) is 0. The third-order valence-corrected chi connectivity index (χ3v) is 5.16. The van der Waals surface area contributed by atoms with Gasteiger partial charge in [-0.2, -0.15) is 0 Å². The zero-order valence-corrected chi connectivity index (χ0v) is 16.3. The fourth-order valence-electron chi connectivity index (χ4n) is 3.41. The number of aromatic nitrogens is 2. The van der Waals surface area contributed by atoms with Crippen molar-refractivity contribution in [1.29, 1.82) is 0 Å². The van der Waals surface area contributed by atoms with Gasteiger partial charge in [0.2, 0.25) is 5.95 Å². The Morgan fingerprint density at radius 1 is 1.17 bits per heavy atom. The van der Waals surface area contributed by atoms with Crippen molar-refractivity contribution in [3.63, 3.8) is 0 Å². The average molecular weight is 423 g/mol. The van der Waals surface area contributed by atoms with Gasteiger partial charge in [0.1, 0.15) is 0 Å². The third kappa shape index (κ3) is 4.04. The van der Waals surface area contributed by atoms with Crippen molar-refractivity contribution in [3.8, 4) is 0 Å². The molecule has 0 unspecified atom stereocenters. The first kappa shape index (κ1) is 19.7. The van der Waals surface area contributed by atoms with E-state index in [1.807, 2.05) is 18.2 Å². The minimum Gasteiger partial charge on any atom is -0.294 e. The molecule has 1 aromatic heterocycles. The molecule has 1 aliphatic carbocycles. The van der Waals surface area contributed by atoms with E-state index in [-0.39, 0.29) is 28.9 Å². The second-order valence-electron chi connectivity index (χ2n) is 6.90. The van der Waals surface area contributed by atoms with E-state index >= 15 is 0 Å². The first-order valence-electron chi connectivity index (χ1n) is 9.11. The van der Waals surface area contributed by atoms with Gasteiger partial charge in [-0.25, -0.2) is 9.97 Å². The van der Waals surface area contributed by atoms with E-state index in [0.29, 0.717) is 29.1 Å². The Bertz CT molecular complexity index is 1160. The fourth-order valence-corrected chi connectivity index (χ4v) is 3.61. The number of nitro groups is 1. The Morgan fingerprint density at radius 3 is 2.63 bits per heavy atom. The van der Waals surface area contributed by atoms with Gasteiger partial charge in [-0.1, -0.05) is 23.7 Å². The lowest BCUT2D eigenvalue weighted by Crippen LogP contribution is -2.22. The molecule has 2 aromatic carbocycles. The topological polar surface area (TPSA) is 115 Å².